The lowest BCUT2D eigenvalue weighted by Crippen LogP contribution is -2.45. The van der Waals surface area contributed by atoms with Crippen molar-refractivity contribution in [3.63, 3.8) is 0 Å². The van der Waals surface area contributed by atoms with E-state index >= 15 is 0 Å². The summed E-state index contributed by atoms with van der Waals surface area (Å²) in [5.41, 5.74) is -0.707. The van der Waals surface area contributed by atoms with Crippen molar-refractivity contribution < 1.29 is 44.6 Å². The van der Waals surface area contributed by atoms with Crippen molar-refractivity contribution >= 4 is 17.9 Å². The minimum Gasteiger partial charge on any atom is -0.357 e. The van der Waals surface area contributed by atoms with E-state index in [1.807, 2.05) is 0 Å². The van der Waals surface area contributed by atoms with Crippen LogP contribution in [0, 0.1) is 0 Å². The number of hydrogen-bond acceptors (Lipinski definition) is 9. The molecule has 0 aliphatic carbocycles. The Kier molecular flexibility index (Phi) is 7.93. The SMILES string of the molecule is CCCCC(O)(O)C(=O)OOC(=O)C(O)(O)C(=C=O)CCC. The fraction of sp³-hybridized carbons (Fsp3) is 0.692. The minimum atomic E-state index is -3.32. The predicted octanol–water partition coefficient (Wildman–Crippen LogP) is -0.902. The molecule has 0 atom stereocenters. The van der Waals surface area contributed by atoms with E-state index in [0.29, 0.717) is 12.8 Å². The quantitative estimate of drug-likeness (QED) is 0.193. The van der Waals surface area contributed by atoms with Crippen LogP contribution in [-0.2, 0) is 24.2 Å². The van der Waals surface area contributed by atoms with Crippen molar-refractivity contribution in [1.29, 1.82) is 0 Å². The van der Waals surface area contributed by atoms with Crippen molar-refractivity contribution in [2.75, 3.05) is 0 Å². The normalized spacial score (nSPS) is 11.5. The van der Waals surface area contributed by atoms with Gasteiger partial charge < -0.3 is 20.4 Å². The average molecular weight is 320 g/mol. The maximum atomic E-state index is 11.4. The molecular weight excluding hydrogens is 300 g/mol. The van der Waals surface area contributed by atoms with Gasteiger partial charge in [0.25, 0.3) is 5.79 Å². The first-order valence-corrected chi connectivity index (χ1v) is 6.70. The van der Waals surface area contributed by atoms with Crippen LogP contribution in [-0.4, -0.2) is 49.9 Å². The highest BCUT2D eigenvalue weighted by Gasteiger charge is 2.44. The van der Waals surface area contributed by atoms with E-state index in [2.05, 4.69) is 9.78 Å². The molecule has 0 saturated heterocycles. The van der Waals surface area contributed by atoms with Crippen molar-refractivity contribution in [2.45, 2.75) is 57.5 Å². The molecule has 0 radical (unpaired) electrons. The molecule has 0 aliphatic heterocycles. The molecule has 0 heterocycles. The van der Waals surface area contributed by atoms with Crippen molar-refractivity contribution in [1.82, 2.24) is 0 Å². The molecule has 0 aromatic rings. The molecule has 0 aromatic carbocycles. The van der Waals surface area contributed by atoms with Gasteiger partial charge in [0.15, 0.2) is 0 Å². The Labute approximate surface area is 126 Å². The molecule has 9 nitrogen and oxygen atoms in total. The highest BCUT2D eigenvalue weighted by molar-refractivity contribution is 5.85. The van der Waals surface area contributed by atoms with Gasteiger partial charge in [0.05, 0.1) is 5.57 Å². The Morgan fingerprint density at radius 1 is 1.00 bits per heavy atom. The Bertz CT molecular complexity index is 446. The van der Waals surface area contributed by atoms with Crippen LogP contribution in [0.15, 0.2) is 5.57 Å². The van der Waals surface area contributed by atoms with E-state index in [4.69, 9.17) is 0 Å². The summed E-state index contributed by atoms with van der Waals surface area (Å²) < 4.78 is 0. The Morgan fingerprint density at radius 3 is 2.00 bits per heavy atom. The molecule has 0 aliphatic rings. The first kappa shape index (κ1) is 20.2. The van der Waals surface area contributed by atoms with E-state index in [1.54, 1.807) is 13.8 Å². The second-order valence-corrected chi connectivity index (χ2v) is 4.66. The third-order valence-corrected chi connectivity index (χ3v) is 2.73. The summed E-state index contributed by atoms with van der Waals surface area (Å²) in [5, 5.41) is 37.7. The maximum absolute atomic E-state index is 11.4. The topological polar surface area (TPSA) is 151 Å². The molecule has 4 N–H and O–H groups in total. The van der Waals surface area contributed by atoms with E-state index < -0.39 is 29.1 Å². The minimum absolute atomic E-state index is 0.153. The second kappa shape index (κ2) is 8.62. The summed E-state index contributed by atoms with van der Waals surface area (Å²) in [6, 6.07) is 0. The van der Waals surface area contributed by atoms with Crippen molar-refractivity contribution in [2.24, 2.45) is 0 Å². The van der Waals surface area contributed by atoms with Crippen LogP contribution in [0.5, 0.6) is 0 Å². The lowest BCUT2D eigenvalue weighted by atomic mass is 10.0. The molecule has 0 aromatic heterocycles. The fourth-order valence-corrected chi connectivity index (χ4v) is 1.40. The largest absolute Gasteiger partial charge is 0.419 e. The number of unbranched alkanes of at least 4 members (excludes halogenated alkanes) is 1. The van der Waals surface area contributed by atoms with Gasteiger partial charge >= 0.3 is 17.7 Å². The van der Waals surface area contributed by atoms with Crippen LogP contribution >= 0.6 is 0 Å². The number of hydrogen-bond donors (Lipinski definition) is 4. The molecule has 9 heteroatoms. The summed E-state index contributed by atoms with van der Waals surface area (Å²) in [6.07, 6.45) is 0.651. The zero-order valence-corrected chi connectivity index (χ0v) is 12.4. The first-order chi connectivity index (χ1) is 10.1. The van der Waals surface area contributed by atoms with Crippen LogP contribution in [0.25, 0.3) is 0 Å². The molecule has 0 spiro atoms. The standard InChI is InChI=1S/C13H20O9/c1-3-5-7-12(17,18)10(15)21-22-11(16)13(19,20)9(8-14)6-4-2/h17-20H,3-7H2,1-2H3. The van der Waals surface area contributed by atoms with Crippen LogP contribution in [0.3, 0.4) is 0 Å². The van der Waals surface area contributed by atoms with Gasteiger partial charge in [-0.25, -0.2) is 24.2 Å². The monoisotopic (exact) mass is 320 g/mol. The van der Waals surface area contributed by atoms with Gasteiger partial charge in [-0.1, -0.05) is 26.7 Å². The van der Waals surface area contributed by atoms with Gasteiger partial charge in [-0.15, -0.1) is 0 Å². The van der Waals surface area contributed by atoms with Crippen molar-refractivity contribution in [3.8, 4) is 0 Å². The third kappa shape index (κ3) is 5.55. The van der Waals surface area contributed by atoms with Gasteiger partial charge in [0.1, 0.15) is 5.94 Å². The third-order valence-electron chi connectivity index (χ3n) is 2.73. The van der Waals surface area contributed by atoms with E-state index in [-0.39, 0.29) is 19.3 Å². The molecule has 0 saturated carbocycles. The smallest absolute Gasteiger partial charge is 0.357 e. The van der Waals surface area contributed by atoms with Crippen molar-refractivity contribution in [3.05, 3.63) is 5.57 Å². The van der Waals surface area contributed by atoms with Crippen LogP contribution in [0.1, 0.15) is 46.0 Å². The van der Waals surface area contributed by atoms with Gasteiger partial charge in [0, 0.05) is 6.42 Å². The summed E-state index contributed by atoms with van der Waals surface area (Å²) in [6.45, 7) is 3.35. The lowest BCUT2D eigenvalue weighted by Gasteiger charge is -2.21. The van der Waals surface area contributed by atoms with E-state index in [0.717, 1.165) is 0 Å². The van der Waals surface area contributed by atoms with Crippen LogP contribution in [0.4, 0.5) is 0 Å². The van der Waals surface area contributed by atoms with Gasteiger partial charge in [-0.3, -0.25) is 0 Å². The van der Waals surface area contributed by atoms with Gasteiger partial charge in [-0.05, 0) is 12.8 Å². The number of aliphatic hydroxyl groups is 4. The number of rotatable bonds is 8. The second-order valence-electron chi connectivity index (χ2n) is 4.66. The van der Waals surface area contributed by atoms with Gasteiger partial charge in [0.2, 0.25) is 0 Å². The highest BCUT2D eigenvalue weighted by Crippen LogP contribution is 2.19. The predicted molar refractivity (Wildman–Crippen MR) is 70.2 cm³/mol. The van der Waals surface area contributed by atoms with E-state index in [1.165, 1.54) is 5.94 Å². The number of carbonyl (C=O) groups is 2. The summed E-state index contributed by atoms with van der Waals surface area (Å²) in [7, 11) is 0. The Balaban J connectivity index is 4.73. The Morgan fingerprint density at radius 2 is 1.55 bits per heavy atom. The van der Waals surface area contributed by atoms with Gasteiger partial charge in [-0.2, -0.15) is 0 Å². The molecule has 0 amide bonds. The lowest BCUT2D eigenvalue weighted by molar-refractivity contribution is -0.305. The molecule has 0 rings (SSSR count). The van der Waals surface area contributed by atoms with Crippen LogP contribution in [0.2, 0.25) is 0 Å². The fourth-order valence-electron chi connectivity index (χ4n) is 1.40. The Hall–Kier alpha value is -1.77. The molecule has 22 heavy (non-hydrogen) atoms. The van der Waals surface area contributed by atoms with E-state index in [9.17, 15) is 34.8 Å². The molecular formula is C13H20O9. The molecule has 0 unspecified atom stereocenters. The molecule has 0 fully saturated rings. The first-order valence-electron chi connectivity index (χ1n) is 6.70. The zero-order chi connectivity index (χ0) is 17.4. The molecule has 0 bridgehead atoms. The average Bonchev–Trinajstić information content (AvgIpc) is 2.47. The summed E-state index contributed by atoms with van der Waals surface area (Å²) in [4.78, 5) is 41.1. The zero-order valence-electron chi connectivity index (χ0n) is 12.4. The number of carbonyl (C=O) groups excluding carboxylic acids is 3. The summed E-state index contributed by atoms with van der Waals surface area (Å²) in [5.74, 6) is -8.58. The molecule has 126 valence electrons. The highest BCUT2D eigenvalue weighted by atomic mass is 17.2. The van der Waals surface area contributed by atoms with Crippen LogP contribution < -0.4 is 0 Å². The maximum Gasteiger partial charge on any atom is 0.419 e. The summed E-state index contributed by atoms with van der Waals surface area (Å²) >= 11 is 0.